The monoisotopic (exact) mass is 242 g/mol. The van der Waals surface area contributed by atoms with Gasteiger partial charge in [-0.3, -0.25) is 4.79 Å². The van der Waals surface area contributed by atoms with E-state index in [-0.39, 0.29) is 23.1 Å². The van der Waals surface area contributed by atoms with Crippen LogP contribution in [-0.2, 0) is 0 Å². The van der Waals surface area contributed by atoms with Crippen molar-refractivity contribution in [3.63, 3.8) is 0 Å². The predicted octanol–water partition coefficient (Wildman–Crippen LogP) is 2.26. The van der Waals surface area contributed by atoms with Gasteiger partial charge in [0, 0.05) is 17.5 Å². The van der Waals surface area contributed by atoms with E-state index >= 15 is 0 Å². The van der Waals surface area contributed by atoms with Gasteiger partial charge in [-0.15, -0.1) is 11.6 Å². The van der Waals surface area contributed by atoms with Crippen LogP contribution in [0.5, 0.6) is 0 Å². The SMILES string of the molecule is Cc1cc(C(=O)NC2CCC(Cl)CC2)on1. The lowest BCUT2D eigenvalue weighted by molar-refractivity contribution is 0.0890. The van der Waals surface area contributed by atoms with Crippen molar-refractivity contribution in [3.05, 3.63) is 17.5 Å². The minimum Gasteiger partial charge on any atom is -0.351 e. The summed E-state index contributed by atoms with van der Waals surface area (Å²) >= 11 is 6.00. The Bertz CT molecular complexity index is 370. The molecule has 0 saturated heterocycles. The fourth-order valence-electron chi connectivity index (χ4n) is 1.92. The van der Waals surface area contributed by atoms with E-state index in [0.717, 1.165) is 31.4 Å². The molecule has 0 unspecified atom stereocenters. The van der Waals surface area contributed by atoms with Crippen molar-refractivity contribution in [2.45, 2.75) is 44.0 Å². The molecule has 88 valence electrons. The largest absolute Gasteiger partial charge is 0.351 e. The summed E-state index contributed by atoms with van der Waals surface area (Å²) in [4.78, 5) is 11.7. The molecule has 0 spiro atoms. The van der Waals surface area contributed by atoms with E-state index in [1.54, 1.807) is 13.0 Å². The van der Waals surface area contributed by atoms with Gasteiger partial charge < -0.3 is 9.84 Å². The van der Waals surface area contributed by atoms with Crippen LogP contribution in [0.2, 0.25) is 0 Å². The molecule has 1 aromatic rings. The lowest BCUT2D eigenvalue weighted by Crippen LogP contribution is -2.37. The first kappa shape index (κ1) is 11.5. The number of aromatic nitrogens is 1. The molecule has 1 amide bonds. The van der Waals surface area contributed by atoms with E-state index in [1.165, 1.54) is 0 Å². The predicted molar refractivity (Wildman–Crippen MR) is 60.6 cm³/mol. The Morgan fingerprint density at radius 3 is 2.75 bits per heavy atom. The highest BCUT2D eigenvalue weighted by Gasteiger charge is 2.22. The van der Waals surface area contributed by atoms with Crippen LogP contribution in [0.1, 0.15) is 41.9 Å². The van der Waals surface area contributed by atoms with Crippen LogP contribution >= 0.6 is 11.6 Å². The van der Waals surface area contributed by atoms with Gasteiger partial charge in [-0.2, -0.15) is 0 Å². The minimum atomic E-state index is -0.182. The summed E-state index contributed by atoms with van der Waals surface area (Å²) in [6, 6.07) is 1.86. The van der Waals surface area contributed by atoms with Crippen LogP contribution in [0.4, 0.5) is 0 Å². The molecule has 2 rings (SSSR count). The molecule has 1 aliphatic carbocycles. The van der Waals surface area contributed by atoms with Gasteiger partial charge in [-0.25, -0.2) is 0 Å². The summed E-state index contributed by atoms with van der Waals surface area (Å²) in [5.41, 5.74) is 0.717. The highest BCUT2D eigenvalue weighted by atomic mass is 35.5. The molecular formula is C11H15ClN2O2. The Morgan fingerprint density at radius 2 is 2.19 bits per heavy atom. The number of carbonyl (C=O) groups excluding carboxylic acids is 1. The van der Waals surface area contributed by atoms with Crippen molar-refractivity contribution in [1.29, 1.82) is 0 Å². The number of hydrogen-bond donors (Lipinski definition) is 1. The number of carbonyl (C=O) groups is 1. The second-order valence-corrected chi connectivity index (χ2v) is 4.87. The molecule has 1 saturated carbocycles. The third kappa shape index (κ3) is 2.76. The van der Waals surface area contributed by atoms with Crippen LogP contribution in [0.3, 0.4) is 0 Å². The Kier molecular flexibility index (Phi) is 3.49. The molecule has 5 heteroatoms. The summed E-state index contributed by atoms with van der Waals surface area (Å²) in [6.45, 7) is 1.79. The minimum absolute atomic E-state index is 0.182. The first-order valence-corrected chi connectivity index (χ1v) is 5.97. The van der Waals surface area contributed by atoms with E-state index in [9.17, 15) is 4.79 Å². The topological polar surface area (TPSA) is 55.1 Å². The first-order valence-electron chi connectivity index (χ1n) is 5.53. The van der Waals surface area contributed by atoms with Crippen LogP contribution in [0, 0.1) is 6.92 Å². The third-order valence-corrected chi connectivity index (χ3v) is 3.28. The Labute approximate surface area is 99.3 Å². The smallest absolute Gasteiger partial charge is 0.290 e. The summed E-state index contributed by atoms with van der Waals surface area (Å²) in [5.74, 6) is 0.101. The number of hydrogen-bond acceptors (Lipinski definition) is 3. The maximum absolute atomic E-state index is 11.7. The Hall–Kier alpha value is -1.03. The van der Waals surface area contributed by atoms with E-state index in [0.29, 0.717) is 0 Å². The molecule has 0 atom stereocenters. The molecule has 16 heavy (non-hydrogen) atoms. The summed E-state index contributed by atoms with van der Waals surface area (Å²) in [5, 5.41) is 6.89. The highest BCUT2D eigenvalue weighted by molar-refractivity contribution is 6.20. The number of rotatable bonds is 2. The van der Waals surface area contributed by atoms with Gasteiger partial charge in [-0.05, 0) is 32.6 Å². The molecule has 1 N–H and O–H groups in total. The van der Waals surface area contributed by atoms with Crippen molar-refractivity contribution in [3.8, 4) is 0 Å². The molecule has 0 aliphatic heterocycles. The zero-order valence-electron chi connectivity index (χ0n) is 9.20. The Morgan fingerprint density at radius 1 is 1.50 bits per heavy atom. The lowest BCUT2D eigenvalue weighted by Gasteiger charge is -2.25. The van der Waals surface area contributed by atoms with Crippen molar-refractivity contribution in [2.24, 2.45) is 0 Å². The molecule has 1 heterocycles. The molecule has 0 radical (unpaired) electrons. The summed E-state index contributed by atoms with van der Waals surface area (Å²) < 4.78 is 4.90. The average Bonchev–Trinajstić information content (AvgIpc) is 2.68. The van der Waals surface area contributed by atoms with Crippen molar-refractivity contribution in [2.75, 3.05) is 0 Å². The second kappa shape index (κ2) is 4.87. The van der Waals surface area contributed by atoms with E-state index in [4.69, 9.17) is 16.1 Å². The van der Waals surface area contributed by atoms with E-state index in [2.05, 4.69) is 10.5 Å². The fourth-order valence-corrected chi connectivity index (χ4v) is 2.18. The number of alkyl halides is 1. The number of aryl methyl sites for hydroxylation is 1. The number of nitrogens with zero attached hydrogens (tertiary/aromatic N) is 1. The van der Waals surface area contributed by atoms with Gasteiger partial charge in [0.15, 0.2) is 0 Å². The summed E-state index contributed by atoms with van der Waals surface area (Å²) in [6.07, 6.45) is 3.80. The quantitative estimate of drug-likeness (QED) is 0.810. The van der Waals surface area contributed by atoms with Gasteiger partial charge in [0.2, 0.25) is 5.76 Å². The first-order chi connectivity index (χ1) is 7.65. The maximum Gasteiger partial charge on any atom is 0.290 e. The standard InChI is InChI=1S/C11H15ClN2O2/c1-7-6-10(16-14-7)11(15)13-9-4-2-8(12)3-5-9/h6,8-9H,2-5H2,1H3,(H,13,15). The van der Waals surface area contributed by atoms with Gasteiger partial charge in [-0.1, -0.05) is 5.16 Å². The number of amides is 1. The van der Waals surface area contributed by atoms with Gasteiger partial charge in [0.25, 0.3) is 5.91 Å². The van der Waals surface area contributed by atoms with Crippen LogP contribution in [0.15, 0.2) is 10.6 Å². The van der Waals surface area contributed by atoms with Crippen LogP contribution < -0.4 is 5.32 Å². The zero-order valence-corrected chi connectivity index (χ0v) is 9.96. The Balaban J connectivity index is 1.88. The van der Waals surface area contributed by atoms with Crippen LogP contribution in [0.25, 0.3) is 0 Å². The molecule has 4 nitrogen and oxygen atoms in total. The van der Waals surface area contributed by atoms with E-state index in [1.807, 2.05) is 0 Å². The summed E-state index contributed by atoms with van der Waals surface area (Å²) in [7, 11) is 0. The van der Waals surface area contributed by atoms with Crippen LogP contribution in [-0.4, -0.2) is 22.5 Å². The average molecular weight is 243 g/mol. The van der Waals surface area contributed by atoms with Gasteiger partial charge in [0.1, 0.15) is 0 Å². The number of halogens is 1. The maximum atomic E-state index is 11.7. The molecule has 0 bridgehead atoms. The van der Waals surface area contributed by atoms with Gasteiger partial charge >= 0.3 is 0 Å². The van der Waals surface area contributed by atoms with E-state index < -0.39 is 0 Å². The molecule has 1 fully saturated rings. The second-order valence-electron chi connectivity index (χ2n) is 4.25. The molecule has 0 aromatic carbocycles. The normalized spacial score (nSPS) is 25.4. The lowest BCUT2D eigenvalue weighted by atomic mass is 9.95. The third-order valence-electron chi connectivity index (χ3n) is 2.84. The molecular weight excluding hydrogens is 228 g/mol. The zero-order chi connectivity index (χ0) is 11.5. The van der Waals surface area contributed by atoms with Gasteiger partial charge in [0.05, 0.1) is 5.69 Å². The van der Waals surface area contributed by atoms with Crippen molar-refractivity contribution < 1.29 is 9.32 Å². The fraction of sp³-hybridized carbons (Fsp3) is 0.636. The van der Waals surface area contributed by atoms with Crippen molar-refractivity contribution in [1.82, 2.24) is 10.5 Å². The van der Waals surface area contributed by atoms with Crippen molar-refractivity contribution >= 4 is 17.5 Å². The molecule has 1 aliphatic rings. The molecule has 1 aromatic heterocycles. The highest BCUT2D eigenvalue weighted by Crippen LogP contribution is 2.23. The number of nitrogens with one attached hydrogen (secondary N) is 1.